The molecule has 0 radical (unpaired) electrons. The summed E-state index contributed by atoms with van der Waals surface area (Å²) in [5.41, 5.74) is 7.15. The molecular formula is C35H52N4P2. The fourth-order valence-electron chi connectivity index (χ4n) is 7.49. The van der Waals surface area contributed by atoms with E-state index in [4.69, 9.17) is 0 Å². The van der Waals surface area contributed by atoms with E-state index >= 15 is 0 Å². The van der Waals surface area contributed by atoms with Crippen molar-refractivity contribution in [2.45, 2.75) is 69.1 Å². The third-order valence-corrected chi connectivity index (χ3v) is 14.3. The van der Waals surface area contributed by atoms with Crippen molar-refractivity contribution in [3.8, 4) is 0 Å². The number of hydrogen-bond acceptors (Lipinski definition) is 4. The standard InChI is InChI=1S/C35H52N4P2/c1-33(2,3)41(34(4,5)6)24-28-29(35(40,30-22-36-17-19-38-30)31-23-37-18-20-39-31)21-27(25-13-9-7-10-14-25)32(28)26-15-11-8-12-16-26/h7-16,21,28,30-31,36-39H,17-20,22-24,40H2,1-6H3. The van der Waals surface area contributed by atoms with Crippen molar-refractivity contribution >= 4 is 28.3 Å². The van der Waals surface area contributed by atoms with Gasteiger partial charge in [0.1, 0.15) is 0 Å². The molecule has 0 bridgehead atoms. The van der Waals surface area contributed by atoms with Crippen molar-refractivity contribution in [1.29, 1.82) is 0 Å². The lowest BCUT2D eigenvalue weighted by atomic mass is 9.76. The van der Waals surface area contributed by atoms with Gasteiger partial charge >= 0.3 is 0 Å². The minimum Gasteiger partial charge on any atom is -0.314 e. The fraction of sp³-hybridized carbons (Fsp3) is 0.543. The monoisotopic (exact) mass is 590 g/mol. The van der Waals surface area contributed by atoms with Crippen LogP contribution < -0.4 is 21.3 Å². The SMILES string of the molecule is CC(C)(C)P(CC1C(C(P)(C2CNCCN2)C2CNCCN2)=CC(c2ccccc2)=C1c1ccccc1)C(C)(C)C. The Hall–Kier alpha value is -1.38. The quantitative estimate of drug-likeness (QED) is 0.300. The van der Waals surface area contributed by atoms with Crippen LogP contribution >= 0.6 is 17.2 Å². The highest BCUT2D eigenvalue weighted by atomic mass is 31.1. The van der Waals surface area contributed by atoms with Crippen LogP contribution in [0.15, 0.2) is 72.3 Å². The number of benzene rings is 2. The van der Waals surface area contributed by atoms with E-state index in [-0.39, 0.29) is 23.4 Å². The van der Waals surface area contributed by atoms with Gasteiger partial charge in [-0.3, -0.25) is 0 Å². The summed E-state index contributed by atoms with van der Waals surface area (Å²) >= 11 is 0. The molecule has 6 heteroatoms. The third-order valence-electron chi connectivity index (χ3n) is 9.20. The predicted octanol–water partition coefficient (Wildman–Crippen LogP) is 5.97. The van der Waals surface area contributed by atoms with Crippen LogP contribution in [0.3, 0.4) is 0 Å². The summed E-state index contributed by atoms with van der Waals surface area (Å²) in [6, 6.07) is 23.0. The maximum Gasteiger partial charge on any atom is 0.0395 e. The Bertz CT molecular complexity index is 1180. The van der Waals surface area contributed by atoms with E-state index in [0.717, 1.165) is 39.3 Å². The summed E-state index contributed by atoms with van der Waals surface area (Å²) in [6.45, 7) is 20.8. The van der Waals surface area contributed by atoms with E-state index in [2.05, 4.69) is 139 Å². The molecule has 2 aromatic carbocycles. The average Bonchev–Trinajstić information content (AvgIpc) is 3.36. The van der Waals surface area contributed by atoms with E-state index in [1.165, 1.54) is 28.4 Å². The van der Waals surface area contributed by atoms with Crippen LogP contribution in [0, 0.1) is 5.92 Å². The highest BCUT2D eigenvalue weighted by Crippen LogP contribution is 2.64. The Balaban J connectivity index is 1.74. The highest BCUT2D eigenvalue weighted by Gasteiger charge is 2.51. The molecular weight excluding hydrogens is 538 g/mol. The summed E-state index contributed by atoms with van der Waals surface area (Å²) in [5.74, 6) is 0.335. The zero-order valence-electron chi connectivity index (χ0n) is 26.1. The minimum absolute atomic E-state index is 0.154. The molecule has 5 rings (SSSR count). The topological polar surface area (TPSA) is 48.1 Å². The van der Waals surface area contributed by atoms with Crippen LogP contribution in [0.2, 0.25) is 0 Å². The van der Waals surface area contributed by atoms with Crippen LogP contribution in [0.25, 0.3) is 11.1 Å². The average molecular weight is 591 g/mol. The molecule has 4 atom stereocenters. The number of piperazine rings is 2. The normalized spacial score (nSPS) is 25.8. The van der Waals surface area contributed by atoms with E-state index in [9.17, 15) is 0 Å². The van der Waals surface area contributed by atoms with Gasteiger partial charge < -0.3 is 21.3 Å². The Morgan fingerprint density at radius 3 is 1.63 bits per heavy atom. The van der Waals surface area contributed by atoms with E-state index < -0.39 is 0 Å². The lowest BCUT2D eigenvalue weighted by Gasteiger charge is -2.51. The molecule has 2 aromatic rings. The van der Waals surface area contributed by atoms with E-state index in [1.54, 1.807) is 5.57 Å². The van der Waals surface area contributed by atoms with Crippen molar-refractivity contribution in [2.75, 3.05) is 45.4 Å². The van der Waals surface area contributed by atoms with Crippen molar-refractivity contribution in [3.63, 3.8) is 0 Å². The highest BCUT2D eigenvalue weighted by molar-refractivity contribution is 7.60. The van der Waals surface area contributed by atoms with Crippen molar-refractivity contribution < 1.29 is 0 Å². The van der Waals surface area contributed by atoms with Gasteiger partial charge in [-0.2, -0.15) is 0 Å². The van der Waals surface area contributed by atoms with Crippen LogP contribution in [0.5, 0.6) is 0 Å². The predicted molar refractivity (Wildman–Crippen MR) is 184 cm³/mol. The van der Waals surface area contributed by atoms with Crippen LogP contribution in [-0.2, 0) is 0 Å². The molecule has 4 unspecified atom stereocenters. The molecule has 222 valence electrons. The Labute approximate surface area is 253 Å². The lowest BCUT2D eigenvalue weighted by molar-refractivity contribution is 0.273. The molecule has 2 fully saturated rings. The molecule has 4 nitrogen and oxygen atoms in total. The molecule has 2 heterocycles. The van der Waals surface area contributed by atoms with Crippen molar-refractivity contribution in [2.24, 2.45) is 5.92 Å². The molecule has 2 aliphatic heterocycles. The van der Waals surface area contributed by atoms with Gasteiger partial charge in [0.25, 0.3) is 0 Å². The summed E-state index contributed by atoms with van der Waals surface area (Å²) in [6.07, 6.45) is 3.80. The smallest absolute Gasteiger partial charge is 0.0395 e. The Kier molecular flexibility index (Phi) is 9.62. The molecule has 3 aliphatic rings. The third kappa shape index (κ3) is 6.59. The summed E-state index contributed by atoms with van der Waals surface area (Å²) in [7, 11) is 3.13. The molecule has 0 aromatic heterocycles. The van der Waals surface area contributed by atoms with Crippen LogP contribution in [-0.4, -0.2) is 73.0 Å². The first-order chi connectivity index (χ1) is 19.5. The number of hydrogen-bond donors (Lipinski definition) is 4. The van der Waals surface area contributed by atoms with Crippen LogP contribution in [0.4, 0.5) is 0 Å². The molecule has 0 saturated carbocycles. The molecule has 2 saturated heterocycles. The molecule has 1 aliphatic carbocycles. The molecule has 0 amide bonds. The first-order valence-corrected chi connectivity index (χ1v) is 17.6. The van der Waals surface area contributed by atoms with Crippen molar-refractivity contribution in [3.05, 3.63) is 83.4 Å². The number of nitrogens with one attached hydrogen (secondary N) is 4. The van der Waals surface area contributed by atoms with Gasteiger partial charge in [-0.25, -0.2) is 0 Å². The zero-order chi connectivity index (χ0) is 29.3. The second-order valence-corrected chi connectivity index (χ2v) is 18.9. The van der Waals surface area contributed by atoms with Gasteiger partial charge in [-0.1, -0.05) is 116 Å². The van der Waals surface area contributed by atoms with Crippen molar-refractivity contribution in [1.82, 2.24) is 21.3 Å². The lowest BCUT2D eigenvalue weighted by Crippen LogP contribution is -2.69. The molecule has 4 N–H and O–H groups in total. The van der Waals surface area contributed by atoms with E-state index in [1.807, 2.05) is 0 Å². The Morgan fingerprint density at radius 1 is 0.707 bits per heavy atom. The minimum atomic E-state index is -0.324. The number of allylic oxidation sites excluding steroid dienone is 3. The van der Waals surface area contributed by atoms with Gasteiger partial charge in [0.15, 0.2) is 0 Å². The van der Waals surface area contributed by atoms with Crippen LogP contribution in [0.1, 0.15) is 52.7 Å². The first kappa shape index (κ1) is 31.1. The summed E-state index contributed by atoms with van der Waals surface area (Å²) < 4.78 is 0. The van der Waals surface area contributed by atoms with E-state index in [0.29, 0.717) is 18.0 Å². The number of rotatable bonds is 7. The second-order valence-electron chi connectivity index (χ2n) is 14.0. The maximum atomic E-state index is 3.97. The summed E-state index contributed by atoms with van der Waals surface area (Å²) in [5, 5.41) is 15.7. The van der Waals surface area contributed by atoms with Gasteiger partial charge in [-0.05, 0) is 44.3 Å². The van der Waals surface area contributed by atoms with Gasteiger partial charge in [0, 0.05) is 62.4 Å². The summed E-state index contributed by atoms with van der Waals surface area (Å²) in [4.78, 5) is 0. The first-order valence-electron chi connectivity index (χ1n) is 15.5. The fourth-order valence-corrected chi connectivity index (χ4v) is 12.1. The van der Waals surface area contributed by atoms with Gasteiger partial charge in [0.2, 0.25) is 0 Å². The second kappa shape index (κ2) is 12.7. The molecule has 41 heavy (non-hydrogen) atoms. The Morgan fingerprint density at radius 2 is 1.20 bits per heavy atom. The maximum absolute atomic E-state index is 3.97. The largest absolute Gasteiger partial charge is 0.314 e. The van der Waals surface area contributed by atoms with Gasteiger partial charge in [0.05, 0.1) is 0 Å². The zero-order valence-corrected chi connectivity index (χ0v) is 28.1. The molecule has 0 spiro atoms. The van der Waals surface area contributed by atoms with Gasteiger partial charge in [-0.15, -0.1) is 9.24 Å².